The average molecular weight is 217 g/mol. The Morgan fingerprint density at radius 2 is 2.38 bits per heavy atom. The summed E-state index contributed by atoms with van der Waals surface area (Å²) in [4.78, 5) is 19.8. The van der Waals surface area contributed by atoms with E-state index in [0.29, 0.717) is 11.9 Å². The standard InChI is InChI=1S/C12H15N3O/c1-3-9-7-10(8-5-6-8)14-12(13-9)15-11(16)4-2/h4,7-8H,2-3,5-6H2,1H3,(H,13,14,15,16). The Labute approximate surface area is 94.8 Å². The summed E-state index contributed by atoms with van der Waals surface area (Å²) in [6, 6.07) is 2.03. The van der Waals surface area contributed by atoms with Gasteiger partial charge in [-0.3, -0.25) is 10.1 Å². The Balaban J connectivity index is 2.25. The Morgan fingerprint density at radius 3 is 2.94 bits per heavy atom. The molecule has 1 heterocycles. The van der Waals surface area contributed by atoms with E-state index in [0.717, 1.165) is 17.8 Å². The fourth-order valence-corrected chi connectivity index (χ4v) is 1.51. The van der Waals surface area contributed by atoms with Gasteiger partial charge in [0.05, 0.1) is 0 Å². The molecule has 0 aromatic carbocycles. The van der Waals surface area contributed by atoms with E-state index in [2.05, 4.69) is 21.9 Å². The van der Waals surface area contributed by atoms with Gasteiger partial charge in [0.1, 0.15) is 0 Å². The summed E-state index contributed by atoms with van der Waals surface area (Å²) in [5, 5.41) is 2.61. The van der Waals surface area contributed by atoms with Crippen LogP contribution in [-0.2, 0) is 11.2 Å². The smallest absolute Gasteiger partial charge is 0.250 e. The second-order valence-corrected chi connectivity index (χ2v) is 3.93. The van der Waals surface area contributed by atoms with Crippen LogP contribution in [0.5, 0.6) is 0 Å². The molecule has 1 aliphatic carbocycles. The quantitative estimate of drug-likeness (QED) is 0.785. The second kappa shape index (κ2) is 4.43. The number of nitrogens with one attached hydrogen (secondary N) is 1. The molecule has 1 saturated carbocycles. The van der Waals surface area contributed by atoms with Crippen molar-refractivity contribution >= 4 is 11.9 Å². The van der Waals surface area contributed by atoms with E-state index < -0.39 is 0 Å². The Hall–Kier alpha value is -1.71. The van der Waals surface area contributed by atoms with Gasteiger partial charge in [-0.05, 0) is 31.4 Å². The van der Waals surface area contributed by atoms with Crippen LogP contribution in [0.4, 0.5) is 5.95 Å². The summed E-state index contributed by atoms with van der Waals surface area (Å²) < 4.78 is 0. The normalized spacial score (nSPS) is 14.6. The highest BCUT2D eigenvalue weighted by Crippen LogP contribution is 2.39. The zero-order chi connectivity index (χ0) is 11.5. The molecular weight excluding hydrogens is 202 g/mol. The van der Waals surface area contributed by atoms with Crippen molar-refractivity contribution < 1.29 is 4.79 Å². The number of anilines is 1. The van der Waals surface area contributed by atoms with Gasteiger partial charge in [-0.1, -0.05) is 13.5 Å². The number of aromatic nitrogens is 2. The van der Waals surface area contributed by atoms with Gasteiger partial charge in [-0.25, -0.2) is 9.97 Å². The molecule has 1 aromatic rings. The minimum absolute atomic E-state index is 0.269. The number of carbonyl (C=O) groups excluding carboxylic acids is 1. The first-order valence-electron chi connectivity index (χ1n) is 5.54. The van der Waals surface area contributed by atoms with Gasteiger partial charge in [0.25, 0.3) is 0 Å². The van der Waals surface area contributed by atoms with Crippen molar-refractivity contribution in [1.29, 1.82) is 0 Å². The lowest BCUT2D eigenvalue weighted by Gasteiger charge is -2.06. The largest absolute Gasteiger partial charge is 0.291 e. The van der Waals surface area contributed by atoms with Gasteiger partial charge in [0, 0.05) is 17.3 Å². The Morgan fingerprint density at radius 1 is 1.62 bits per heavy atom. The second-order valence-electron chi connectivity index (χ2n) is 3.93. The number of nitrogens with zero attached hydrogens (tertiary/aromatic N) is 2. The van der Waals surface area contributed by atoms with Crippen molar-refractivity contribution in [2.24, 2.45) is 0 Å². The van der Waals surface area contributed by atoms with Crippen LogP contribution in [-0.4, -0.2) is 15.9 Å². The van der Waals surface area contributed by atoms with Crippen LogP contribution in [0, 0.1) is 0 Å². The maximum absolute atomic E-state index is 11.2. The number of amides is 1. The molecule has 1 fully saturated rings. The summed E-state index contributed by atoms with van der Waals surface area (Å²) in [6.07, 6.45) is 4.45. The van der Waals surface area contributed by atoms with E-state index >= 15 is 0 Å². The van der Waals surface area contributed by atoms with Gasteiger partial charge >= 0.3 is 0 Å². The lowest BCUT2D eigenvalue weighted by Crippen LogP contribution is -2.12. The van der Waals surface area contributed by atoms with Crippen LogP contribution in [0.2, 0.25) is 0 Å². The summed E-state index contributed by atoms with van der Waals surface area (Å²) >= 11 is 0. The van der Waals surface area contributed by atoms with E-state index in [-0.39, 0.29) is 5.91 Å². The third-order valence-corrected chi connectivity index (χ3v) is 2.58. The monoisotopic (exact) mass is 217 g/mol. The molecule has 4 heteroatoms. The van der Waals surface area contributed by atoms with E-state index in [1.165, 1.54) is 18.9 Å². The first-order chi connectivity index (χ1) is 7.72. The number of rotatable bonds is 4. The molecule has 84 valence electrons. The molecule has 0 atom stereocenters. The van der Waals surface area contributed by atoms with Gasteiger partial charge in [-0.2, -0.15) is 0 Å². The van der Waals surface area contributed by atoms with E-state index in [9.17, 15) is 4.79 Å². The number of hydrogen-bond donors (Lipinski definition) is 1. The highest BCUT2D eigenvalue weighted by atomic mass is 16.1. The van der Waals surface area contributed by atoms with Gasteiger partial charge in [0.2, 0.25) is 11.9 Å². The molecular formula is C12H15N3O. The molecule has 16 heavy (non-hydrogen) atoms. The SMILES string of the molecule is C=CC(=O)Nc1nc(CC)cc(C2CC2)n1. The van der Waals surface area contributed by atoms with Crippen molar-refractivity contribution in [3.05, 3.63) is 30.1 Å². The lowest BCUT2D eigenvalue weighted by molar-refractivity contribution is -0.111. The van der Waals surface area contributed by atoms with Crippen molar-refractivity contribution in [1.82, 2.24) is 9.97 Å². The molecule has 0 spiro atoms. The van der Waals surface area contributed by atoms with Gasteiger partial charge in [-0.15, -0.1) is 0 Å². The number of aryl methyl sites for hydroxylation is 1. The summed E-state index contributed by atoms with van der Waals surface area (Å²) in [6.45, 7) is 5.44. The minimum Gasteiger partial charge on any atom is -0.291 e. The van der Waals surface area contributed by atoms with Gasteiger partial charge < -0.3 is 0 Å². The zero-order valence-electron chi connectivity index (χ0n) is 9.36. The minimum atomic E-state index is -0.269. The lowest BCUT2D eigenvalue weighted by atomic mass is 10.2. The predicted octanol–water partition coefficient (Wildman–Crippen LogP) is 2.04. The summed E-state index contributed by atoms with van der Waals surface area (Å²) in [5.41, 5.74) is 2.02. The van der Waals surface area contributed by atoms with Crippen LogP contribution in [0.1, 0.15) is 37.1 Å². The molecule has 0 aliphatic heterocycles. The highest BCUT2D eigenvalue weighted by Gasteiger charge is 2.26. The predicted molar refractivity (Wildman–Crippen MR) is 62.2 cm³/mol. The summed E-state index contributed by atoms with van der Waals surface area (Å²) in [7, 11) is 0. The average Bonchev–Trinajstić information content (AvgIpc) is 3.12. The van der Waals surface area contributed by atoms with E-state index in [1.54, 1.807) is 0 Å². The zero-order valence-corrected chi connectivity index (χ0v) is 9.36. The molecule has 1 aromatic heterocycles. The molecule has 0 saturated heterocycles. The Kier molecular flexibility index (Phi) is 2.99. The highest BCUT2D eigenvalue weighted by molar-refractivity contribution is 5.97. The molecule has 0 unspecified atom stereocenters. The maximum Gasteiger partial charge on any atom is 0.250 e. The topological polar surface area (TPSA) is 54.9 Å². The first-order valence-corrected chi connectivity index (χ1v) is 5.54. The molecule has 1 amide bonds. The maximum atomic E-state index is 11.2. The Bertz CT molecular complexity index is 424. The van der Waals surface area contributed by atoms with Crippen LogP contribution in [0.15, 0.2) is 18.7 Å². The molecule has 2 rings (SSSR count). The first kappa shape index (κ1) is 10.8. The van der Waals surface area contributed by atoms with E-state index in [1.807, 2.05) is 13.0 Å². The molecule has 0 bridgehead atoms. The fourth-order valence-electron chi connectivity index (χ4n) is 1.51. The van der Waals surface area contributed by atoms with Crippen LogP contribution in [0.3, 0.4) is 0 Å². The third kappa shape index (κ3) is 2.45. The fraction of sp³-hybridized carbons (Fsp3) is 0.417. The van der Waals surface area contributed by atoms with Gasteiger partial charge in [0.15, 0.2) is 0 Å². The van der Waals surface area contributed by atoms with Crippen LogP contribution < -0.4 is 5.32 Å². The molecule has 1 aliphatic rings. The number of carbonyl (C=O) groups is 1. The van der Waals surface area contributed by atoms with E-state index in [4.69, 9.17) is 0 Å². The van der Waals surface area contributed by atoms with Crippen molar-refractivity contribution in [2.45, 2.75) is 32.1 Å². The number of hydrogen-bond acceptors (Lipinski definition) is 3. The van der Waals surface area contributed by atoms with Crippen LogP contribution >= 0.6 is 0 Å². The van der Waals surface area contributed by atoms with Crippen molar-refractivity contribution in [2.75, 3.05) is 5.32 Å². The van der Waals surface area contributed by atoms with Crippen molar-refractivity contribution in [3.63, 3.8) is 0 Å². The van der Waals surface area contributed by atoms with Crippen LogP contribution in [0.25, 0.3) is 0 Å². The third-order valence-electron chi connectivity index (χ3n) is 2.58. The summed E-state index contributed by atoms with van der Waals surface area (Å²) in [5.74, 6) is 0.689. The molecule has 4 nitrogen and oxygen atoms in total. The molecule has 0 radical (unpaired) electrons. The molecule has 1 N–H and O–H groups in total. The van der Waals surface area contributed by atoms with Crippen molar-refractivity contribution in [3.8, 4) is 0 Å².